The molecule has 0 bridgehead atoms. The first-order valence-corrected chi connectivity index (χ1v) is 7.28. The van der Waals surface area contributed by atoms with E-state index in [0.717, 1.165) is 32.4 Å². The summed E-state index contributed by atoms with van der Waals surface area (Å²) in [4.78, 5) is 14.3. The number of amides is 1. The van der Waals surface area contributed by atoms with Crippen molar-refractivity contribution >= 4 is 5.91 Å². The minimum atomic E-state index is -1.12. The molecule has 5 nitrogen and oxygen atoms in total. The fraction of sp³-hybridized carbons (Fsp3) is 0.929. The van der Waals surface area contributed by atoms with Crippen molar-refractivity contribution in [3.05, 3.63) is 0 Å². The Morgan fingerprint density at radius 1 is 1.53 bits per heavy atom. The maximum absolute atomic E-state index is 12.1. The summed E-state index contributed by atoms with van der Waals surface area (Å²) in [6, 6.07) is -0.0146. The maximum atomic E-state index is 12.1. The van der Waals surface area contributed by atoms with Crippen LogP contribution in [-0.2, 0) is 4.79 Å². The van der Waals surface area contributed by atoms with Crippen LogP contribution >= 0.6 is 0 Å². The fourth-order valence-corrected chi connectivity index (χ4v) is 2.48. The number of carbonyl (C=O) groups excluding carboxylic acids is 1. The lowest BCUT2D eigenvalue weighted by Crippen LogP contribution is -2.45. The molecule has 2 atom stereocenters. The first-order valence-electron chi connectivity index (χ1n) is 7.28. The quantitative estimate of drug-likeness (QED) is 0.631. The van der Waals surface area contributed by atoms with E-state index in [9.17, 15) is 15.0 Å². The first-order chi connectivity index (χ1) is 8.86. The normalized spacial score (nSPS) is 22.5. The zero-order valence-electron chi connectivity index (χ0n) is 12.4. The van der Waals surface area contributed by atoms with Gasteiger partial charge in [0, 0.05) is 6.54 Å². The highest BCUT2D eigenvalue weighted by Crippen LogP contribution is 2.17. The highest BCUT2D eigenvalue weighted by atomic mass is 16.3. The molecule has 1 heterocycles. The maximum Gasteiger partial charge on any atom is 0.237 e. The van der Waals surface area contributed by atoms with Crippen molar-refractivity contribution in [2.24, 2.45) is 0 Å². The Morgan fingerprint density at radius 2 is 2.21 bits per heavy atom. The van der Waals surface area contributed by atoms with Crippen LogP contribution in [0.5, 0.6) is 0 Å². The van der Waals surface area contributed by atoms with Gasteiger partial charge in [0.05, 0.1) is 17.7 Å². The summed E-state index contributed by atoms with van der Waals surface area (Å²) in [6.07, 6.45) is 2.60. The number of carbonyl (C=O) groups is 1. The molecule has 5 heteroatoms. The van der Waals surface area contributed by atoms with E-state index >= 15 is 0 Å². The van der Waals surface area contributed by atoms with Crippen molar-refractivity contribution in [1.29, 1.82) is 0 Å². The first kappa shape index (κ1) is 16.4. The van der Waals surface area contributed by atoms with Crippen LogP contribution in [0, 0.1) is 0 Å². The summed E-state index contributed by atoms with van der Waals surface area (Å²) in [7, 11) is 0. The van der Waals surface area contributed by atoms with Gasteiger partial charge in [-0.3, -0.25) is 9.69 Å². The molecule has 0 aliphatic carbocycles. The molecule has 0 aromatic rings. The van der Waals surface area contributed by atoms with E-state index in [-0.39, 0.29) is 11.9 Å². The average molecular weight is 272 g/mol. The predicted octanol–water partition coefficient (Wildman–Crippen LogP) is 0.499. The van der Waals surface area contributed by atoms with Gasteiger partial charge in [-0.1, -0.05) is 6.92 Å². The van der Waals surface area contributed by atoms with Gasteiger partial charge in [-0.25, -0.2) is 0 Å². The largest absolute Gasteiger partial charge is 0.390 e. The lowest BCUT2D eigenvalue weighted by molar-refractivity contribution is -0.125. The van der Waals surface area contributed by atoms with Crippen molar-refractivity contribution in [3.63, 3.8) is 0 Å². The molecule has 0 radical (unpaired) electrons. The van der Waals surface area contributed by atoms with Crippen molar-refractivity contribution < 1.29 is 15.0 Å². The van der Waals surface area contributed by atoms with Crippen molar-refractivity contribution in [3.8, 4) is 0 Å². The number of hydrogen-bond donors (Lipinski definition) is 3. The molecule has 1 saturated heterocycles. The number of aliphatic hydroxyl groups excluding tert-OH is 1. The van der Waals surface area contributed by atoms with Crippen LogP contribution in [0.2, 0.25) is 0 Å². The topological polar surface area (TPSA) is 72.8 Å². The molecule has 3 N–H and O–H groups in total. The molecule has 0 saturated carbocycles. The summed E-state index contributed by atoms with van der Waals surface area (Å²) in [5, 5.41) is 22.2. The summed E-state index contributed by atoms with van der Waals surface area (Å²) < 4.78 is 0. The van der Waals surface area contributed by atoms with E-state index in [0.29, 0.717) is 13.0 Å². The van der Waals surface area contributed by atoms with Crippen LogP contribution < -0.4 is 5.32 Å². The number of hydrogen-bond acceptors (Lipinski definition) is 4. The number of rotatable bonds is 7. The highest BCUT2D eigenvalue weighted by molar-refractivity contribution is 5.82. The van der Waals surface area contributed by atoms with Crippen LogP contribution in [0.15, 0.2) is 0 Å². The molecule has 1 amide bonds. The molecule has 1 aliphatic heterocycles. The Hall–Kier alpha value is -0.650. The van der Waals surface area contributed by atoms with Gasteiger partial charge in [0.15, 0.2) is 0 Å². The SMILES string of the molecule is CCCN1CCCC1C(=O)NCC[C@H](O)C(C)(C)O. The number of nitrogens with one attached hydrogen (secondary N) is 1. The second-order valence-electron chi connectivity index (χ2n) is 5.94. The minimum absolute atomic E-state index is 0.0146. The predicted molar refractivity (Wildman–Crippen MR) is 74.8 cm³/mol. The van der Waals surface area contributed by atoms with Gasteiger partial charge in [-0.2, -0.15) is 0 Å². The Bertz CT molecular complexity index is 289. The number of likely N-dealkylation sites (tertiary alicyclic amines) is 1. The zero-order chi connectivity index (χ0) is 14.5. The van der Waals surface area contributed by atoms with Gasteiger partial charge >= 0.3 is 0 Å². The third-order valence-electron chi connectivity index (χ3n) is 3.71. The van der Waals surface area contributed by atoms with Gasteiger partial charge in [0.25, 0.3) is 0 Å². The van der Waals surface area contributed by atoms with Crippen molar-refractivity contribution in [1.82, 2.24) is 10.2 Å². The molecule has 0 aromatic heterocycles. The average Bonchev–Trinajstić information content (AvgIpc) is 2.76. The van der Waals surface area contributed by atoms with Crippen LogP contribution in [0.25, 0.3) is 0 Å². The summed E-state index contributed by atoms with van der Waals surface area (Å²) in [6.45, 7) is 7.62. The minimum Gasteiger partial charge on any atom is -0.390 e. The lowest BCUT2D eigenvalue weighted by Gasteiger charge is -2.26. The van der Waals surface area contributed by atoms with Crippen LogP contribution in [0.4, 0.5) is 0 Å². The highest BCUT2D eigenvalue weighted by Gasteiger charge is 2.30. The molecule has 0 spiro atoms. The summed E-state index contributed by atoms with van der Waals surface area (Å²) in [5.41, 5.74) is -1.12. The molecule has 1 aliphatic rings. The molecule has 112 valence electrons. The van der Waals surface area contributed by atoms with E-state index < -0.39 is 11.7 Å². The zero-order valence-corrected chi connectivity index (χ0v) is 12.4. The number of aliphatic hydroxyl groups is 2. The Kier molecular flexibility index (Phi) is 6.23. The third-order valence-corrected chi connectivity index (χ3v) is 3.71. The third kappa shape index (κ3) is 5.09. The van der Waals surface area contributed by atoms with Gasteiger partial charge in [-0.15, -0.1) is 0 Å². The van der Waals surface area contributed by atoms with E-state index in [1.807, 2.05) is 0 Å². The lowest BCUT2D eigenvalue weighted by atomic mass is 9.99. The van der Waals surface area contributed by atoms with Crippen LogP contribution in [0.3, 0.4) is 0 Å². The molecule has 1 unspecified atom stereocenters. The van der Waals surface area contributed by atoms with Crippen molar-refractivity contribution in [2.75, 3.05) is 19.6 Å². The van der Waals surface area contributed by atoms with Gasteiger partial charge in [0.1, 0.15) is 0 Å². The standard InChI is InChI=1S/C14H28N2O3/c1-4-9-16-10-5-6-11(16)13(18)15-8-7-12(17)14(2,3)19/h11-12,17,19H,4-10H2,1-3H3,(H,15,18)/t11?,12-/m0/s1. The fourth-order valence-electron chi connectivity index (χ4n) is 2.48. The van der Waals surface area contributed by atoms with Gasteiger partial charge < -0.3 is 15.5 Å². The van der Waals surface area contributed by atoms with E-state index in [2.05, 4.69) is 17.1 Å². The Balaban J connectivity index is 2.31. The van der Waals surface area contributed by atoms with Gasteiger partial charge in [0.2, 0.25) is 5.91 Å². The Morgan fingerprint density at radius 3 is 2.79 bits per heavy atom. The molecular weight excluding hydrogens is 244 g/mol. The smallest absolute Gasteiger partial charge is 0.237 e. The summed E-state index contributed by atoms with van der Waals surface area (Å²) in [5.74, 6) is 0.0499. The van der Waals surface area contributed by atoms with E-state index in [1.54, 1.807) is 13.8 Å². The molecule has 0 aromatic carbocycles. The van der Waals surface area contributed by atoms with Crippen molar-refractivity contribution in [2.45, 2.75) is 64.2 Å². The molecule has 1 rings (SSSR count). The molecule has 1 fully saturated rings. The van der Waals surface area contributed by atoms with Crippen LogP contribution in [-0.4, -0.2) is 58.4 Å². The van der Waals surface area contributed by atoms with Gasteiger partial charge in [-0.05, 0) is 52.6 Å². The summed E-state index contributed by atoms with van der Waals surface area (Å²) >= 11 is 0. The van der Waals surface area contributed by atoms with Crippen LogP contribution in [0.1, 0.15) is 46.5 Å². The molecule has 19 heavy (non-hydrogen) atoms. The number of nitrogens with zero attached hydrogens (tertiary/aromatic N) is 1. The second kappa shape index (κ2) is 7.22. The Labute approximate surface area is 116 Å². The molecular formula is C14H28N2O3. The monoisotopic (exact) mass is 272 g/mol. The van der Waals surface area contributed by atoms with E-state index in [4.69, 9.17) is 0 Å². The van der Waals surface area contributed by atoms with E-state index in [1.165, 1.54) is 0 Å². The second-order valence-corrected chi connectivity index (χ2v) is 5.94.